The molecule has 1 aromatic carbocycles. The maximum Gasteiger partial charge on any atom is 0.407 e. The number of hydrogen-bond acceptors (Lipinski definition) is 5. The highest BCUT2D eigenvalue weighted by molar-refractivity contribution is 5.72. The molecular formula is C23H28N4O6. The number of aromatic nitrogens is 2. The molecule has 1 aromatic heterocycles. The summed E-state index contributed by atoms with van der Waals surface area (Å²) in [6.07, 6.45) is -1.76. The number of hydrogen-bond donors (Lipinski definition) is 2. The lowest BCUT2D eigenvalue weighted by Crippen LogP contribution is -2.45. The van der Waals surface area contributed by atoms with Crippen LogP contribution < -0.4 is 4.74 Å². The van der Waals surface area contributed by atoms with Gasteiger partial charge in [-0.25, -0.2) is 14.3 Å². The lowest BCUT2D eigenvalue weighted by Gasteiger charge is -2.35. The van der Waals surface area contributed by atoms with Gasteiger partial charge in [0.2, 0.25) is 0 Å². The van der Waals surface area contributed by atoms with Crippen molar-refractivity contribution >= 4 is 18.2 Å². The zero-order valence-electron chi connectivity index (χ0n) is 19.1. The first-order chi connectivity index (χ1) is 15.6. The van der Waals surface area contributed by atoms with Crippen molar-refractivity contribution in [2.24, 2.45) is 0 Å². The van der Waals surface area contributed by atoms with Crippen LogP contribution in [0.25, 0.3) is 5.69 Å². The number of esters is 1. The molecule has 176 valence electrons. The predicted molar refractivity (Wildman–Crippen MR) is 118 cm³/mol. The van der Waals surface area contributed by atoms with E-state index in [-0.39, 0.29) is 31.5 Å². The van der Waals surface area contributed by atoms with Gasteiger partial charge in [0.05, 0.1) is 17.4 Å². The van der Waals surface area contributed by atoms with Gasteiger partial charge < -0.3 is 19.8 Å². The summed E-state index contributed by atoms with van der Waals surface area (Å²) >= 11 is 0. The fourth-order valence-corrected chi connectivity index (χ4v) is 4.77. The first-order valence-corrected chi connectivity index (χ1v) is 11.0. The number of carboxylic acid groups (broad SMARTS) is 2. The second-order valence-electron chi connectivity index (χ2n) is 8.96. The van der Waals surface area contributed by atoms with E-state index in [0.717, 1.165) is 16.8 Å². The van der Waals surface area contributed by atoms with Gasteiger partial charge in [0.15, 0.2) is 5.75 Å². The molecule has 3 heterocycles. The van der Waals surface area contributed by atoms with Gasteiger partial charge in [-0.3, -0.25) is 9.69 Å². The summed E-state index contributed by atoms with van der Waals surface area (Å²) in [7, 11) is 0. The Bertz CT molecular complexity index is 1120. The van der Waals surface area contributed by atoms with Crippen LogP contribution in [0.5, 0.6) is 5.75 Å². The minimum Gasteiger partial charge on any atom is -0.465 e. The molecule has 10 heteroatoms. The molecule has 2 N–H and O–H groups in total. The third kappa shape index (κ3) is 4.01. The monoisotopic (exact) mass is 456 g/mol. The Balaban J connectivity index is 1.90. The van der Waals surface area contributed by atoms with Crippen LogP contribution in [0.4, 0.5) is 9.59 Å². The van der Waals surface area contributed by atoms with Crippen LogP contribution in [0.15, 0.2) is 18.2 Å². The molecule has 0 bridgehead atoms. The Morgan fingerprint density at radius 3 is 2.48 bits per heavy atom. The van der Waals surface area contributed by atoms with Crippen LogP contribution in [0, 0.1) is 0 Å². The van der Waals surface area contributed by atoms with Crippen LogP contribution in [-0.4, -0.2) is 67.6 Å². The van der Waals surface area contributed by atoms with Crippen molar-refractivity contribution in [2.75, 3.05) is 19.6 Å². The smallest absolute Gasteiger partial charge is 0.407 e. The van der Waals surface area contributed by atoms with Gasteiger partial charge in [0.25, 0.3) is 0 Å². The third-order valence-corrected chi connectivity index (χ3v) is 6.35. The average Bonchev–Trinajstić information content (AvgIpc) is 3.05. The molecule has 0 saturated carbocycles. The summed E-state index contributed by atoms with van der Waals surface area (Å²) < 4.78 is 7.28. The van der Waals surface area contributed by atoms with Crippen LogP contribution in [0.3, 0.4) is 0 Å². The van der Waals surface area contributed by atoms with E-state index < -0.39 is 24.2 Å². The number of benzene rings is 1. The SMILES string of the molecule is CC(=O)Oc1cc(C(C)C)ccc1-n1nc2c3c1CCN(C(=O)O)C3CN(C(=O)O)CC2C. The second kappa shape index (κ2) is 8.42. The number of amides is 2. The summed E-state index contributed by atoms with van der Waals surface area (Å²) in [6, 6.07) is 5.01. The molecular weight excluding hydrogens is 428 g/mol. The highest BCUT2D eigenvalue weighted by Crippen LogP contribution is 2.41. The van der Waals surface area contributed by atoms with Crippen molar-refractivity contribution in [1.82, 2.24) is 19.6 Å². The predicted octanol–water partition coefficient (Wildman–Crippen LogP) is 3.60. The molecule has 0 saturated heterocycles. The molecule has 0 fully saturated rings. The van der Waals surface area contributed by atoms with E-state index in [9.17, 15) is 24.6 Å². The van der Waals surface area contributed by atoms with Crippen molar-refractivity contribution in [3.8, 4) is 11.4 Å². The summed E-state index contributed by atoms with van der Waals surface area (Å²) in [5, 5.41) is 24.3. The van der Waals surface area contributed by atoms with Crippen LogP contribution in [-0.2, 0) is 11.2 Å². The highest BCUT2D eigenvalue weighted by Gasteiger charge is 2.42. The van der Waals surface area contributed by atoms with Crippen molar-refractivity contribution in [2.45, 2.75) is 52.0 Å². The Hall–Kier alpha value is -3.56. The minimum absolute atomic E-state index is 0.0424. The van der Waals surface area contributed by atoms with Gasteiger partial charge in [0, 0.05) is 44.5 Å². The lowest BCUT2D eigenvalue weighted by atomic mass is 9.93. The lowest BCUT2D eigenvalue weighted by molar-refractivity contribution is -0.131. The van der Waals surface area contributed by atoms with Gasteiger partial charge in [-0.15, -0.1) is 0 Å². The van der Waals surface area contributed by atoms with Crippen LogP contribution in [0.2, 0.25) is 0 Å². The Labute approximate surface area is 191 Å². The summed E-state index contributed by atoms with van der Waals surface area (Å²) in [4.78, 5) is 38.1. The second-order valence-corrected chi connectivity index (χ2v) is 8.96. The van der Waals surface area contributed by atoms with Gasteiger partial charge >= 0.3 is 18.2 Å². The minimum atomic E-state index is -1.09. The molecule has 10 nitrogen and oxygen atoms in total. The number of rotatable bonds is 3. The molecule has 2 aliphatic rings. The fraction of sp³-hybridized carbons (Fsp3) is 0.478. The molecule has 0 spiro atoms. The summed E-state index contributed by atoms with van der Waals surface area (Å²) in [5.41, 5.74) is 3.85. The topological polar surface area (TPSA) is 125 Å². The first-order valence-electron chi connectivity index (χ1n) is 11.0. The number of carbonyl (C=O) groups excluding carboxylic acids is 1. The van der Waals surface area contributed by atoms with Gasteiger partial charge in [-0.2, -0.15) is 5.10 Å². The Kier molecular flexibility index (Phi) is 5.77. The largest absolute Gasteiger partial charge is 0.465 e. The van der Waals surface area contributed by atoms with E-state index in [4.69, 9.17) is 9.84 Å². The van der Waals surface area contributed by atoms with E-state index >= 15 is 0 Å². The Morgan fingerprint density at radius 1 is 1.15 bits per heavy atom. The van der Waals surface area contributed by atoms with E-state index in [0.29, 0.717) is 23.6 Å². The molecule has 0 radical (unpaired) electrons. The van der Waals surface area contributed by atoms with Crippen molar-refractivity contribution in [3.05, 3.63) is 40.7 Å². The number of nitrogens with zero attached hydrogens (tertiary/aromatic N) is 4. The molecule has 2 aliphatic heterocycles. The van der Waals surface area contributed by atoms with Gasteiger partial charge in [-0.1, -0.05) is 26.8 Å². The quantitative estimate of drug-likeness (QED) is 0.534. The number of ether oxygens (including phenoxy) is 1. The maximum absolute atomic E-state index is 12.0. The van der Waals surface area contributed by atoms with Crippen LogP contribution >= 0.6 is 0 Å². The highest BCUT2D eigenvalue weighted by atomic mass is 16.5. The van der Waals surface area contributed by atoms with Crippen molar-refractivity contribution in [3.63, 3.8) is 0 Å². The van der Waals surface area contributed by atoms with Crippen molar-refractivity contribution < 1.29 is 29.3 Å². The molecule has 2 amide bonds. The standard InChI is InChI=1S/C23H28N4O6/c1-12(2)15-5-6-16(19(9-15)33-14(4)28)27-17-7-8-26(23(31)32)18-11-25(22(29)30)10-13(3)21(24-27)20(17)18/h5-6,9,12-13,18H,7-8,10-11H2,1-4H3,(H,29,30)(H,31,32). The zero-order chi connectivity index (χ0) is 24.0. The fourth-order valence-electron chi connectivity index (χ4n) is 4.77. The Morgan fingerprint density at radius 2 is 1.88 bits per heavy atom. The van der Waals surface area contributed by atoms with Crippen LogP contribution in [0.1, 0.15) is 68.1 Å². The van der Waals surface area contributed by atoms with E-state index in [1.54, 1.807) is 4.68 Å². The van der Waals surface area contributed by atoms with E-state index in [1.165, 1.54) is 16.7 Å². The average molecular weight is 456 g/mol. The number of carbonyl (C=O) groups is 3. The van der Waals surface area contributed by atoms with Gasteiger partial charge in [-0.05, 0) is 23.6 Å². The van der Waals surface area contributed by atoms with E-state index in [2.05, 4.69) is 0 Å². The molecule has 2 atom stereocenters. The molecule has 0 aliphatic carbocycles. The van der Waals surface area contributed by atoms with Crippen molar-refractivity contribution in [1.29, 1.82) is 0 Å². The summed E-state index contributed by atoms with van der Waals surface area (Å²) in [6.45, 7) is 7.80. The third-order valence-electron chi connectivity index (χ3n) is 6.35. The normalized spacial score (nSPS) is 19.8. The molecule has 2 aromatic rings. The summed E-state index contributed by atoms with van der Waals surface area (Å²) in [5.74, 6) is -0.0573. The molecule has 4 rings (SSSR count). The molecule has 2 unspecified atom stereocenters. The maximum atomic E-state index is 12.0. The first kappa shape index (κ1) is 22.6. The molecule has 33 heavy (non-hydrogen) atoms. The zero-order valence-corrected chi connectivity index (χ0v) is 19.1. The van der Waals surface area contributed by atoms with E-state index in [1.807, 2.05) is 39.0 Å². The van der Waals surface area contributed by atoms with Gasteiger partial charge in [0.1, 0.15) is 5.69 Å².